The van der Waals surface area contributed by atoms with E-state index in [9.17, 15) is 22.8 Å². The van der Waals surface area contributed by atoms with Gasteiger partial charge in [0.1, 0.15) is 6.61 Å². The molecule has 0 spiro atoms. The number of ether oxygens (including phenoxy) is 1. The number of amides is 2. The van der Waals surface area contributed by atoms with E-state index in [1.165, 1.54) is 0 Å². The van der Waals surface area contributed by atoms with Crippen molar-refractivity contribution in [1.29, 1.82) is 0 Å². The van der Waals surface area contributed by atoms with Gasteiger partial charge in [-0.05, 0) is 31.0 Å². The van der Waals surface area contributed by atoms with Gasteiger partial charge in [0.15, 0.2) is 0 Å². The zero-order chi connectivity index (χ0) is 25.9. The number of nitrogens with zero attached hydrogens (tertiary/aromatic N) is 6. The number of hydrogen-bond acceptors (Lipinski definition) is 7. The number of primary amides is 1. The second-order valence-electron chi connectivity index (χ2n) is 8.55. The van der Waals surface area contributed by atoms with E-state index >= 15 is 0 Å². The SMILES string of the molecule is CN(C(=O)COCCn1cnc2ccc(C(N)=O)cc21)C1CCN(c2ncc(C(F)(F)F)cn2)CC1. The quantitative estimate of drug-likeness (QED) is 0.466. The fourth-order valence-corrected chi connectivity index (χ4v) is 4.10. The van der Waals surface area contributed by atoms with Gasteiger partial charge in [0.25, 0.3) is 0 Å². The summed E-state index contributed by atoms with van der Waals surface area (Å²) >= 11 is 0. The second kappa shape index (κ2) is 10.5. The summed E-state index contributed by atoms with van der Waals surface area (Å²) in [5.74, 6) is -0.438. The van der Waals surface area contributed by atoms with Crippen LogP contribution in [0.5, 0.6) is 0 Å². The predicted octanol–water partition coefficient (Wildman–Crippen LogP) is 2.09. The molecule has 2 amide bonds. The van der Waals surface area contributed by atoms with Gasteiger partial charge in [-0.1, -0.05) is 0 Å². The summed E-state index contributed by atoms with van der Waals surface area (Å²) in [7, 11) is 1.72. The first-order valence-corrected chi connectivity index (χ1v) is 11.4. The molecule has 1 fully saturated rings. The molecular weight excluding hydrogens is 479 g/mol. The van der Waals surface area contributed by atoms with Crippen LogP contribution < -0.4 is 10.6 Å². The van der Waals surface area contributed by atoms with Gasteiger partial charge in [0, 0.05) is 50.7 Å². The van der Waals surface area contributed by atoms with E-state index in [0.717, 1.165) is 23.4 Å². The number of rotatable bonds is 8. The van der Waals surface area contributed by atoms with E-state index < -0.39 is 17.6 Å². The summed E-state index contributed by atoms with van der Waals surface area (Å²) < 4.78 is 45.5. The van der Waals surface area contributed by atoms with E-state index in [-0.39, 0.29) is 31.1 Å². The van der Waals surface area contributed by atoms with Crippen molar-refractivity contribution in [3.63, 3.8) is 0 Å². The van der Waals surface area contributed by atoms with Crippen molar-refractivity contribution >= 4 is 28.8 Å². The molecule has 0 radical (unpaired) electrons. The number of carbonyl (C=O) groups excluding carboxylic acids is 2. The maximum Gasteiger partial charge on any atom is 0.419 e. The van der Waals surface area contributed by atoms with E-state index in [2.05, 4.69) is 15.0 Å². The van der Waals surface area contributed by atoms with Gasteiger partial charge in [-0.15, -0.1) is 0 Å². The minimum atomic E-state index is -4.47. The lowest BCUT2D eigenvalue weighted by molar-refractivity contribution is -0.138. The maximum absolute atomic E-state index is 12.7. The topological polar surface area (TPSA) is 119 Å². The number of aromatic nitrogens is 4. The van der Waals surface area contributed by atoms with Crippen LogP contribution in [-0.2, 0) is 22.3 Å². The number of imidazole rings is 1. The largest absolute Gasteiger partial charge is 0.419 e. The molecule has 4 rings (SSSR count). The Morgan fingerprint density at radius 1 is 1.17 bits per heavy atom. The number of anilines is 1. The zero-order valence-electron chi connectivity index (χ0n) is 19.6. The molecule has 1 aliphatic heterocycles. The molecule has 13 heteroatoms. The van der Waals surface area contributed by atoms with Crippen molar-refractivity contribution in [2.45, 2.75) is 31.6 Å². The fourth-order valence-electron chi connectivity index (χ4n) is 4.10. The molecule has 2 N–H and O–H groups in total. The number of alkyl halides is 3. The highest BCUT2D eigenvalue weighted by Crippen LogP contribution is 2.29. The number of carbonyl (C=O) groups is 2. The Hall–Kier alpha value is -3.74. The first kappa shape index (κ1) is 25.4. The molecule has 192 valence electrons. The van der Waals surface area contributed by atoms with E-state index in [4.69, 9.17) is 10.5 Å². The molecule has 0 aliphatic carbocycles. The van der Waals surface area contributed by atoms with Gasteiger partial charge in [-0.25, -0.2) is 15.0 Å². The Bertz CT molecular complexity index is 1220. The standard InChI is InChI=1S/C23H26F3N7O3/c1-31(17-4-6-32(7-5-17)22-28-11-16(12-29-22)23(24,25)26)20(34)13-36-9-8-33-14-30-18-3-2-15(21(27)35)10-19(18)33/h2-3,10-12,14,17H,4-9,13H2,1H3,(H2,27,35). The first-order chi connectivity index (χ1) is 17.1. The van der Waals surface area contributed by atoms with Crippen molar-refractivity contribution in [3.8, 4) is 0 Å². The van der Waals surface area contributed by atoms with Gasteiger partial charge in [-0.2, -0.15) is 13.2 Å². The molecule has 1 aromatic carbocycles. The Kier molecular flexibility index (Phi) is 7.38. The highest BCUT2D eigenvalue weighted by Gasteiger charge is 2.32. The van der Waals surface area contributed by atoms with Gasteiger partial charge in [-0.3, -0.25) is 9.59 Å². The van der Waals surface area contributed by atoms with Gasteiger partial charge >= 0.3 is 6.18 Å². The van der Waals surface area contributed by atoms with Gasteiger partial charge in [0.2, 0.25) is 17.8 Å². The van der Waals surface area contributed by atoms with Crippen LogP contribution in [0, 0.1) is 0 Å². The Balaban J connectivity index is 1.22. The van der Waals surface area contributed by atoms with Gasteiger partial charge in [0.05, 0.1) is 29.5 Å². The number of piperidine rings is 1. The van der Waals surface area contributed by atoms with Crippen LogP contribution in [0.2, 0.25) is 0 Å². The monoisotopic (exact) mass is 505 g/mol. The summed E-state index contributed by atoms with van der Waals surface area (Å²) in [6.45, 7) is 1.68. The smallest absolute Gasteiger partial charge is 0.370 e. The molecule has 0 unspecified atom stereocenters. The molecule has 3 aromatic rings. The third-order valence-electron chi connectivity index (χ3n) is 6.26. The highest BCUT2D eigenvalue weighted by atomic mass is 19.4. The summed E-state index contributed by atoms with van der Waals surface area (Å²) in [5.41, 5.74) is 6.32. The van der Waals surface area contributed by atoms with Crippen molar-refractivity contribution in [1.82, 2.24) is 24.4 Å². The Morgan fingerprint density at radius 3 is 2.50 bits per heavy atom. The van der Waals surface area contributed by atoms with E-state index in [1.54, 1.807) is 36.5 Å². The van der Waals surface area contributed by atoms with Crippen molar-refractivity contribution in [3.05, 3.63) is 48.0 Å². The zero-order valence-corrected chi connectivity index (χ0v) is 19.6. The minimum absolute atomic E-state index is 0.0170. The Labute approximate surface area is 204 Å². The molecule has 3 heterocycles. The lowest BCUT2D eigenvalue weighted by Gasteiger charge is -2.36. The predicted molar refractivity (Wildman–Crippen MR) is 124 cm³/mol. The van der Waals surface area contributed by atoms with Crippen LogP contribution in [0.1, 0.15) is 28.8 Å². The maximum atomic E-state index is 12.7. The first-order valence-electron chi connectivity index (χ1n) is 11.4. The lowest BCUT2D eigenvalue weighted by Crippen LogP contribution is -2.47. The number of nitrogens with two attached hydrogens (primary N) is 1. The van der Waals surface area contributed by atoms with Crippen molar-refractivity contribution in [2.75, 3.05) is 38.3 Å². The molecule has 2 aromatic heterocycles. The number of likely N-dealkylation sites (N-methyl/N-ethyl adjacent to an activating group) is 1. The number of hydrogen-bond donors (Lipinski definition) is 1. The molecule has 0 bridgehead atoms. The van der Waals surface area contributed by atoms with Crippen LogP contribution in [-0.4, -0.2) is 75.6 Å². The summed E-state index contributed by atoms with van der Waals surface area (Å²) in [5, 5.41) is 0. The second-order valence-corrected chi connectivity index (χ2v) is 8.55. The fraction of sp³-hybridized carbons (Fsp3) is 0.435. The van der Waals surface area contributed by atoms with E-state index in [1.807, 2.05) is 9.47 Å². The summed E-state index contributed by atoms with van der Waals surface area (Å²) in [4.78, 5) is 39.5. The minimum Gasteiger partial charge on any atom is -0.370 e. The number of benzene rings is 1. The number of fused-ring (bicyclic) bond motifs is 1. The van der Waals surface area contributed by atoms with Crippen LogP contribution in [0.15, 0.2) is 36.9 Å². The van der Waals surface area contributed by atoms with Crippen LogP contribution >= 0.6 is 0 Å². The van der Waals surface area contributed by atoms with Crippen molar-refractivity contribution < 1.29 is 27.5 Å². The summed E-state index contributed by atoms with van der Waals surface area (Å²) in [6.07, 6.45) is -0.000399. The van der Waals surface area contributed by atoms with Crippen LogP contribution in [0.3, 0.4) is 0 Å². The third kappa shape index (κ3) is 5.73. The molecule has 1 saturated heterocycles. The average molecular weight is 506 g/mol. The molecule has 36 heavy (non-hydrogen) atoms. The normalized spacial score (nSPS) is 14.8. The van der Waals surface area contributed by atoms with Gasteiger partial charge < -0.3 is 24.8 Å². The van der Waals surface area contributed by atoms with Crippen molar-refractivity contribution in [2.24, 2.45) is 5.73 Å². The molecule has 0 atom stereocenters. The van der Waals surface area contributed by atoms with Crippen LogP contribution in [0.4, 0.5) is 19.1 Å². The highest BCUT2D eigenvalue weighted by molar-refractivity contribution is 5.96. The number of halogens is 3. The molecular formula is C23H26F3N7O3. The van der Waals surface area contributed by atoms with Crippen LogP contribution in [0.25, 0.3) is 11.0 Å². The lowest BCUT2D eigenvalue weighted by atomic mass is 10.0. The average Bonchev–Trinajstić information content (AvgIpc) is 3.28. The molecule has 0 saturated carbocycles. The summed E-state index contributed by atoms with van der Waals surface area (Å²) in [6, 6.07) is 5.00. The van der Waals surface area contributed by atoms with E-state index in [0.29, 0.717) is 38.0 Å². The molecule has 10 nitrogen and oxygen atoms in total. The Morgan fingerprint density at radius 2 is 1.86 bits per heavy atom. The molecule has 1 aliphatic rings. The third-order valence-corrected chi connectivity index (χ3v) is 6.26.